The summed E-state index contributed by atoms with van der Waals surface area (Å²) in [4.78, 5) is 15.1. The topological polar surface area (TPSA) is 70.4 Å². The second kappa shape index (κ2) is 4.66. The van der Waals surface area contributed by atoms with Gasteiger partial charge in [-0.3, -0.25) is 4.98 Å². The van der Waals surface area contributed by atoms with E-state index in [-0.39, 0.29) is 11.3 Å². The van der Waals surface area contributed by atoms with E-state index in [9.17, 15) is 9.90 Å². The second-order valence-corrected chi connectivity index (χ2v) is 4.48. The third-order valence-electron chi connectivity index (χ3n) is 3.13. The molecule has 0 aliphatic rings. The maximum atomic E-state index is 10.8. The van der Waals surface area contributed by atoms with Crippen LogP contribution in [-0.4, -0.2) is 21.2 Å². The van der Waals surface area contributed by atoms with Crippen LogP contribution in [-0.2, 0) is 0 Å². The van der Waals surface area contributed by atoms with E-state index in [1.54, 1.807) is 48.7 Å². The summed E-state index contributed by atoms with van der Waals surface area (Å²) in [5.41, 5.74) is 2.78. The molecule has 0 atom stereocenters. The van der Waals surface area contributed by atoms with Crippen LogP contribution < -0.4 is 0 Å². The second-order valence-electron chi connectivity index (χ2n) is 4.48. The largest absolute Gasteiger partial charge is 0.508 e. The average molecular weight is 265 g/mol. The number of aromatic carboxylic acids is 1. The molecule has 2 N–H and O–H groups in total. The zero-order chi connectivity index (χ0) is 14.1. The van der Waals surface area contributed by atoms with Gasteiger partial charge in [-0.1, -0.05) is 12.1 Å². The highest BCUT2D eigenvalue weighted by Crippen LogP contribution is 2.25. The number of pyridine rings is 1. The Balaban J connectivity index is 2.05. The fourth-order valence-electron chi connectivity index (χ4n) is 2.07. The van der Waals surface area contributed by atoms with Gasteiger partial charge in [0.25, 0.3) is 0 Å². The van der Waals surface area contributed by atoms with Crippen LogP contribution in [0.1, 0.15) is 10.4 Å². The third kappa shape index (κ3) is 2.19. The van der Waals surface area contributed by atoms with Gasteiger partial charge in [0.15, 0.2) is 0 Å². The lowest BCUT2D eigenvalue weighted by Crippen LogP contribution is -1.95. The molecule has 1 aromatic heterocycles. The molecular weight excluding hydrogens is 254 g/mol. The Kier molecular flexibility index (Phi) is 2.84. The fraction of sp³-hybridized carbons (Fsp3) is 0. The normalized spacial score (nSPS) is 10.6. The summed E-state index contributed by atoms with van der Waals surface area (Å²) < 4.78 is 0. The molecule has 0 aliphatic heterocycles. The van der Waals surface area contributed by atoms with Crippen LogP contribution in [0.3, 0.4) is 0 Å². The number of nitrogens with zero attached hydrogens (tertiary/aromatic N) is 1. The van der Waals surface area contributed by atoms with Crippen molar-refractivity contribution in [2.45, 2.75) is 0 Å². The van der Waals surface area contributed by atoms with E-state index in [4.69, 9.17) is 5.11 Å². The molecule has 1 heterocycles. The van der Waals surface area contributed by atoms with E-state index in [0.29, 0.717) is 0 Å². The van der Waals surface area contributed by atoms with E-state index in [2.05, 4.69) is 4.98 Å². The van der Waals surface area contributed by atoms with Gasteiger partial charge in [-0.05, 0) is 35.9 Å². The number of phenols is 1. The van der Waals surface area contributed by atoms with Gasteiger partial charge < -0.3 is 10.2 Å². The first-order valence-electron chi connectivity index (χ1n) is 6.06. The minimum absolute atomic E-state index is 0.184. The van der Waals surface area contributed by atoms with Gasteiger partial charge in [0.1, 0.15) is 5.75 Å². The molecule has 2 aromatic carbocycles. The monoisotopic (exact) mass is 265 g/mol. The van der Waals surface area contributed by atoms with Gasteiger partial charge in [-0.2, -0.15) is 0 Å². The molecule has 0 bridgehead atoms. The molecule has 3 rings (SSSR count). The van der Waals surface area contributed by atoms with Crippen molar-refractivity contribution in [1.82, 2.24) is 4.98 Å². The van der Waals surface area contributed by atoms with Crippen LogP contribution in [0.15, 0.2) is 54.7 Å². The van der Waals surface area contributed by atoms with Crippen molar-refractivity contribution < 1.29 is 15.0 Å². The van der Waals surface area contributed by atoms with Crippen molar-refractivity contribution in [2.75, 3.05) is 0 Å². The molecule has 0 amide bonds. The number of aromatic nitrogens is 1. The smallest absolute Gasteiger partial charge is 0.335 e. The van der Waals surface area contributed by atoms with Crippen LogP contribution in [0, 0.1) is 0 Å². The Morgan fingerprint density at radius 3 is 2.40 bits per heavy atom. The number of hydrogen-bond donors (Lipinski definition) is 2. The fourth-order valence-corrected chi connectivity index (χ4v) is 2.07. The Hall–Kier alpha value is -2.88. The van der Waals surface area contributed by atoms with Gasteiger partial charge in [0.05, 0.1) is 11.1 Å². The third-order valence-corrected chi connectivity index (χ3v) is 3.13. The van der Waals surface area contributed by atoms with Crippen LogP contribution in [0.4, 0.5) is 0 Å². The summed E-state index contributed by atoms with van der Waals surface area (Å²) in [5.74, 6) is -0.757. The molecular formula is C16H11NO3. The molecule has 0 aliphatic carbocycles. The number of carbonyl (C=O) groups is 1. The van der Waals surface area contributed by atoms with Gasteiger partial charge in [0.2, 0.25) is 0 Å². The number of aromatic hydroxyl groups is 1. The van der Waals surface area contributed by atoms with Crippen LogP contribution in [0.2, 0.25) is 0 Å². The van der Waals surface area contributed by atoms with Crippen molar-refractivity contribution in [3.05, 3.63) is 60.3 Å². The lowest BCUT2D eigenvalue weighted by Gasteiger charge is -2.04. The lowest BCUT2D eigenvalue weighted by molar-refractivity contribution is 0.0697. The molecule has 98 valence electrons. The van der Waals surface area contributed by atoms with Crippen LogP contribution in [0.25, 0.3) is 22.0 Å². The predicted octanol–water partition coefficient (Wildman–Crippen LogP) is 3.31. The van der Waals surface area contributed by atoms with Crippen LogP contribution in [0.5, 0.6) is 5.75 Å². The highest BCUT2D eigenvalue weighted by Gasteiger charge is 2.05. The van der Waals surface area contributed by atoms with Gasteiger partial charge in [-0.25, -0.2) is 4.79 Å². The molecule has 0 saturated carbocycles. The quantitative estimate of drug-likeness (QED) is 0.745. The summed E-state index contributed by atoms with van der Waals surface area (Å²) in [6.45, 7) is 0. The number of carboxylic acids is 1. The first-order valence-corrected chi connectivity index (χ1v) is 6.06. The summed E-state index contributed by atoms with van der Waals surface area (Å²) in [6, 6.07) is 13.6. The van der Waals surface area contributed by atoms with E-state index in [1.165, 1.54) is 0 Å². The molecule has 0 radical (unpaired) electrons. The Bertz CT molecular complexity index is 794. The molecule has 4 heteroatoms. The molecule has 3 aromatic rings. The molecule has 0 spiro atoms. The molecule has 0 unspecified atom stereocenters. The van der Waals surface area contributed by atoms with Crippen molar-refractivity contribution in [3.63, 3.8) is 0 Å². The predicted molar refractivity (Wildman–Crippen MR) is 75.8 cm³/mol. The SMILES string of the molecule is O=C(O)c1ccc(-c2cnc3cc(O)ccc3c2)cc1. The summed E-state index contributed by atoms with van der Waals surface area (Å²) in [6.07, 6.45) is 1.71. The van der Waals surface area contributed by atoms with E-state index in [0.717, 1.165) is 22.0 Å². The van der Waals surface area contributed by atoms with E-state index in [1.807, 2.05) is 6.07 Å². The van der Waals surface area contributed by atoms with Gasteiger partial charge in [0, 0.05) is 23.2 Å². The molecule has 0 saturated heterocycles. The van der Waals surface area contributed by atoms with E-state index < -0.39 is 5.97 Å². The van der Waals surface area contributed by atoms with E-state index >= 15 is 0 Å². The first-order chi connectivity index (χ1) is 9.63. The first kappa shape index (κ1) is 12.2. The number of carboxylic acid groups (broad SMARTS) is 1. The highest BCUT2D eigenvalue weighted by molar-refractivity contribution is 5.89. The summed E-state index contributed by atoms with van der Waals surface area (Å²) >= 11 is 0. The zero-order valence-corrected chi connectivity index (χ0v) is 10.4. The van der Waals surface area contributed by atoms with Crippen molar-refractivity contribution in [2.24, 2.45) is 0 Å². The van der Waals surface area contributed by atoms with Crippen molar-refractivity contribution in [3.8, 4) is 16.9 Å². The number of benzene rings is 2. The summed E-state index contributed by atoms with van der Waals surface area (Å²) in [5, 5.41) is 19.2. The number of phenolic OH excluding ortho intramolecular Hbond substituents is 1. The molecule has 4 nitrogen and oxygen atoms in total. The van der Waals surface area contributed by atoms with Crippen molar-refractivity contribution in [1.29, 1.82) is 0 Å². The Morgan fingerprint density at radius 1 is 0.950 bits per heavy atom. The Labute approximate surface area is 115 Å². The average Bonchev–Trinajstić information content (AvgIpc) is 2.47. The molecule has 20 heavy (non-hydrogen) atoms. The number of hydrogen-bond acceptors (Lipinski definition) is 3. The minimum Gasteiger partial charge on any atom is -0.508 e. The highest BCUT2D eigenvalue weighted by atomic mass is 16.4. The maximum Gasteiger partial charge on any atom is 0.335 e. The standard InChI is InChI=1S/C16H11NO3/c18-14-6-5-12-7-13(9-17-15(12)8-14)10-1-3-11(4-2-10)16(19)20/h1-9,18H,(H,19,20). The lowest BCUT2D eigenvalue weighted by atomic mass is 10.0. The van der Waals surface area contributed by atoms with Crippen LogP contribution >= 0.6 is 0 Å². The van der Waals surface area contributed by atoms with Gasteiger partial charge >= 0.3 is 5.97 Å². The Morgan fingerprint density at radius 2 is 1.70 bits per heavy atom. The summed E-state index contributed by atoms with van der Waals surface area (Å²) in [7, 11) is 0. The number of fused-ring (bicyclic) bond motifs is 1. The van der Waals surface area contributed by atoms with Gasteiger partial charge in [-0.15, -0.1) is 0 Å². The minimum atomic E-state index is -0.941. The zero-order valence-electron chi connectivity index (χ0n) is 10.4. The van der Waals surface area contributed by atoms with Crippen molar-refractivity contribution >= 4 is 16.9 Å². The molecule has 0 fully saturated rings. The number of rotatable bonds is 2. The maximum absolute atomic E-state index is 10.8.